The third-order valence-corrected chi connectivity index (χ3v) is 5.31. The number of para-hydroxylation sites is 1. The maximum Gasteiger partial charge on any atom is 0.262 e. The van der Waals surface area contributed by atoms with Crippen molar-refractivity contribution in [1.82, 2.24) is 9.55 Å². The van der Waals surface area contributed by atoms with Crippen molar-refractivity contribution < 1.29 is 4.79 Å². The molecule has 122 valence electrons. The molecular weight excluding hydrogens is 322 g/mol. The molecule has 3 aromatic rings. The molecule has 0 saturated carbocycles. The van der Waals surface area contributed by atoms with Gasteiger partial charge in [0.2, 0.25) is 5.91 Å². The summed E-state index contributed by atoms with van der Waals surface area (Å²) in [7, 11) is 0. The number of anilines is 1. The van der Waals surface area contributed by atoms with Crippen LogP contribution in [0.1, 0.15) is 18.9 Å². The number of amides is 1. The molecule has 1 aromatic carbocycles. The molecule has 1 unspecified atom stereocenters. The molecule has 1 aliphatic heterocycles. The minimum atomic E-state index is -0.0797. The van der Waals surface area contributed by atoms with Crippen LogP contribution in [0.2, 0.25) is 0 Å². The van der Waals surface area contributed by atoms with E-state index in [1.54, 1.807) is 6.07 Å². The highest BCUT2D eigenvalue weighted by atomic mass is 32.1. The van der Waals surface area contributed by atoms with Crippen molar-refractivity contribution in [3.8, 4) is 0 Å². The van der Waals surface area contributed by atoms with Crippen LogP contribution in [-0.2, 0) is 17.8 Å². The first-order chi connectivity index (χ1) is 11.6. The van der Waals surface area contributed by atoms with E-state index in [-0.39, 0.29) is 23.9 Å². The highest BCUT2D eigenvalue weighted by molar-refractivity contribution is 7.16. The lowest BCUT2D eigenvalue weighted by atomic mass is 10.1. The predicted molar refractivity (Wildman–Crippen MR) is 95.6 cm³/mol. The molecule has 5 nitrogen and oxygen atoms in total. The van der Waals surface area contributed by atoms with Crippen LogP contribution in [0.3, 0.4) is 0 Å². The van der Waals surface area contributed by atoms with E-state index in [4.69, 9.17) is 0 Å². The maximum atomic E-state index is 12.7. The first-order valence-electron chi connectivity index (χ1n) is 7.98. The summed E-state index contributed by atoms with van der Waals surface area (Å²) in [6, 6.07) is 9.95. The standard InChI is InChI=1S/C18H17N3O2S/c1-12-10-13-4-2-3-5-15(13)21(12)16(22)6-8-20-11-19-17-14(18(20)23)7-9-24-17/h2-5,7,9,11-12H,6,8,10H2,1H3. The van der Waals surface area contributed by atoms with Crippen LogP contribution in [0.5, 0.6) is 0 Å². The lowest BCUT2D eigenvalue weighted by Gasteiger charge is -2.22. The fourth-order valence-corrected chi connectivity index (χ4v) is 4.06. The van der Waals surface area contributed by atoms with Gasteiger partial charge in [0.1, 0.15) is 4.83 Å². The number of hydrogen-bond acceptors (Lipinski definition) is 4. The summed E-state index contributed by atoms with van der Waals surface area (Å²) in [5.41, 5.74) is 2.12. The van der Waals surface area contributed by atoms with E-state index in [9.17, 15) is 9.59 Å². The quantitative estimate of drug-likeness (QED) is 0.737. The molecule has 6 heteroatoms. The number of thiophene rings is 1. The second-order valence-electron chi connectivity index (χ2n) is 6.08. The van der Waals surface area contributed by atoms with Gasteiger partial charge in [0.15, 0.2) is 0 Å². The Morgan fingerprint density at radius 2 is 2.17 bits per heavy atom. The van der Waals surface area contributed by atoms with E-state index >= 15 is 0 Å². The van der Waals surface area contributed by atoms with Gasteiger partial charge >= 0.3 is 0 Å². The number of fused-ring (bicyclic) bond motifs is 2. The van der Waals surface area contributed by atoms with Crippen LogP contribution >= 0.6 is 11.3 Å². The molecular formula is C18H17N3O2S. The summed E-state index contributed by atoms with van der Waals surface area (Å²) in [5, 5.41) is 2.48. The number of aryl methyl sites for hydroxylation is 1. The van der Waals surface area contributed by atoms with Crippen LogP contribution in [0.25, 0.3) is 10.2 Å². The van der Waals surface area contributed by atoms with Crippen molar-refractivity contribution in [2.75, 3.05) is 4.90 Å². The van der Waals surface area contributed by atoms with Crippen molar-refractivity contribution in [3.63, 3.8) is 0 Å². The maximum absolute atomic E-state index is 12.7. The van der Waals surface area contributed by atoms with Gasteiger partial charge < -0.3 is 4.90 Å². The van der Waals surface area contributed by atoms with Crippen molar-refractivity contribution in [2.24, 2.45) is 0 Å². The lowest BCUT2D eigenvalue weighted by molar-refractivity contribution is -0.119. The second kappa shape index (κ2) is 5.87. The predicted octanol–water partition coefficient (Wildman–Crippen LogP) is 2.83. The van der Waals surface area contributed by atoms with E-state index < -0.39 is 0 Å². The molecule has 4 rings (SSSR count). The van der Waals surface area contributed by atoms with Gasteiger partial charge in [0.05, 0.1) is 11.7 Å². The molecule has 24 heavy (non-hydrogen) atoms. The van der Waals surface area contributed by atoms with Gasteiger partial charge in [0.25, 0.3) is 5.56 Å². The third kappa shape index (κ3) is 2.43. The van der Waals surface area contributed by atoms with Crippen molar-refractivity contribution in [1.29, 1.82) is 0 Å². The highest BCUT2D eigenvalue weighted by Crippen LogP contribution is 2.32. The fraction of sp³-hybridized carbons (Fsp3) is 0.278. The normalized spacial score (nSPS) is 16.5. The number of nitrogens with zero attached hydrogens (tertiary/aromatic N) is 3. The minimum absolute atomic E-state index is 0.0461. The van der Waals surface area contributed by atoms with Gasteiger partial charge in [-0.3, -0.25) is 14.2 Å². The number of hydrogen-bond donors (Lipinski definition) is 0. The topological polar surface area (TPSA) is 55.2 Å². The molecule has 0 saturated heterocycles. The van der Waals surface area contributed by atoms with E-state index in [1.165, 1.54) is 27.8 Å². The lowest BCUT2D eigenvalue weighted by Crippen LogP contribution is -2.36. The smallest absolute Gasteiger partial charge is 0.262 e. The average Bonchev–Trinajstić information content (AvgIpc) is 3.17. The number of rotatable bonds is 3. The first-order valence-corrected chi connectivity index (χ1v) is 8.86. The average molecular weight is 339 g/mol. The van der Waals surface area contributed by atoms with Gasteiger partial charge in [-0.25, -0.2) is 4.98 Å². The van der Waals surface area contributed by atoms with Gasteiger partial charge in [-0.1, -0.05) is 18.2 Å². The molecule has 0 fully saturated rings. The van der Waals surface area contributed by atoms with Crippen LogP contribution < -0.4 is 10.5 Å². The van der Waals surface area contributed by atoms with Gasteiger partial charge in [-0.05, 0) is 36.4 Å². The molecule has 1 atom stereocenters. The Morgan fingerprint density at radius 3 is 3.04 bits per heavy atom. The van der Waals surface area contributed by atoms with Crippen LogP contribution in [0.4, 0.5) is 5.69 Å². The summed E-state index contributed by atoms with van der Waals surface area (Å²) in [4.78, 5) is 32.0. The fourth-order valence-electron chi connectivity index (χ4n) is 3.33. The second-order valence-corrected chi connectivity index (χ2v) is 6.97. The number of carbonyl (C=O) groups excluding carboxylic acids is 1. The van der Waals surface area contributed by atoms with Gasteiger partial charge in [0, 0.05) is 24.7 Å². The largest absolute Gasteiger partial charge is 0.309 e. The zero-order valence-corrected chi connectivity index (χ0v) is 14.1. The molecule has 0 spiro atoms. The van der Waals surface area contributed by atoms with Gasteiger partial charge in [-0.15, -0.1) is 11.3 Å². The van der Waals surface area contributed by atoms with E-state index in [1.807, 2.05) is 28.5 Å². The summed E-state index contributed by atoms with van der Waals surface area (Å²) in [6.07, 6.45) is 2.70. The Balaban J connectivity index is 1.54. The highest BCUT2D eigenvalue weighted by Gasteiger charge is 2.30. The van der Waals surface area contributed by atoms with Crippen molar-refractivity contribution in [2.45, 2.75) is 32.4 Å². The van der Waals surface area contributed by atoms with Gasteiger partial charge in [-0.2, -0.15) is 0 Å². The summed E-state index contributed by atoms with van der Waals surface area (Å²) >= 11 is 1.45. The molecule has 2 aromatic heterocycles. The summed E-state index contributed by atoms with van der Waals surface area (Å²) in [6.45, 7) is 2.41. The van der Waals surface area contributed by atoms with Crippen molar-refractivity contribution in [3.05, 3.63) is 58.0 Å². The molecule has 0 N–H and O–H groups in total. The first kappa shape index (κ1) is 15.1. The third-order valence-electron chi connectivity index (χ3n) is 4.49. The SMILES string of the molecule is CC1Cc2ccccc2N1C(=O)CCn1cnc2sccc2c1=O. The monoisotopic (exact) mass is 339 g/mol. The number of carbonyl (C=O) groups is 1. The zero-order chi connectivity index (χ0) is 16.7. The molecule has 0 radical (unpaired) electrons. The summed E-state index contributed by atoms with van der Waals surface area (Å²) < 4.78 is 1.53. The molecule has 1 aliphatic rings. The van der Waals surface area contributed by atoms with Crippen LogP contribution in [0.15, 0.2) is 46.8 Å². The Hall–Kier alpha value is -2.47. The Kier molecular flexibility index (Phi) is 3.69. The summed E-state index contributed by atoms with van der Waals surface area (Å²) in [5.74, 6) is 0.0461. The Morgan fingerprint density at radius 1 is 1.33 bits per heavy atom. The van der Waals surface area contributed by atoms with Crippen molar-refractivity contribution >= 4 is 33.1 Å². The van der Waals surface area contributed by atoms with E-state index in [0.29, 0.717) is 11.9 Å². The zero-order valence-electron chi connectivity index (χ0n) is 13.3. The molecule has 1 amide bonds. The van der Waals surface area contributed by atoms with Crippen LogP contribution in [0, 0.1) is 0 Å². The number of aromatic nitrogens is 2. The Labute approximate surface area is 143 Å². The van der Waals surface area contributed by atoms with Crippen LogP contribution in [-0.4, -0.2) is 21.5 Å². The molecule has 0 aliphatic carbocycles. The molecule has 0 bridgehead atoms. The molecule has 3 heterocycles. The van der Waals surface area contributed by atoms with E-state index in [2.05, 4.69) is 18.0 Å². The Bertz CT molecular complexity index is 976. The minimum Gasteiger partial charge on any atom is -0.309 e. The number of benzene rings is 1. The van der Waals surface area contributed by atoms with E-state index in [0.717, 1.165) is 16.9 Å².